The molecule has 0 saturated heterocycles. The third kappa shape index (κ3) is 3.56. The molecule has 18 heavy (non-hydrogen) atoms. The van der Waals surface area contributed by atoms with Gasteiger partial charge in [-0.15, -0.1) is 0 Å². The van der Waals surface area contributed by atoms with Crippen LogP contribution in [0.4, 0.5) is 0 Å². The van der Waals surface area contributed by atoms with Crippen molar-refractivity contribution in [1.82, 2.24) is 0 Å². The first-order valence-corrected chi connectivity index (χ1v) is 6.00. The van der Waals surface area contributed by atoms with E-state index >= 15 is 0 Å². The predicted molar refractivity (Wildman–Crippen MR) is 72.8 cm³/mol. The van der Waals surface area contributed by atoms with Crippen LogP contribution in [0.2, 0.25) is 0 Å². The van der Waals surface area contributed by atoms with Crippen molar-refractivity contribution in [2.45, 2.75) is 6.04 Å². The maximum Gasteiger partial charge on any atom is 0.140 e. The fraction of sp³-hybridized carbons (Fsp3) is 0.250. The van der Waals surface area contributed by atoms with Crippen LogP contribution in [0, 0.1) is 0 Å². The number of halogens is 1. The van der Waals surface area contributed by atoms with E-state index in [1.807, 2.05) is 0 Å². The molecule has 0 fully saturated rings. The van der Waals surface area contributed by atoms with E-state index in [-0.39, 0.29) is 24.0 Å². The van der Waals surface area contributed by atoms with Crippen LogP contribution < -0.4 is 24.0 Å². The molecule has 0 bridgehead atoms. The van der Waals surface area contributed by atoms with Crippen LogP contribution >= 0.6 is 0 Å². The van der Waals surface area contributed by atoms with Crippen LogP contribution in [-0.4, -0.2) is 25.6 Å². The van der Waals surface area contributed by atoms with Gasteiger partial charge in [-0.2, -0.15) is 0 Å². The summed E-state index contributed by atoms with van der Waals surface area (Å²) in [5, 5.41) is 0. The quantitative estimate of drug-likeness (QED) is 0.557. The van der Waals surface area contributed by atoms with Gasteiger partial charge in [-0.05, 0) is 0 Å². The average molecular weight is 353 g/mol. The van der Waals surface area contributed by atoms with Crippen molar-refractivity contribution in [2.75, 3.05) is 21.1 Å². The van der Waals surface area contributed by atoms with Crippen LogP contribution in [0.5, 0.6) is 0 Å². The second-order valence-corrected chi connectivity index (χ2v) is 5.34. The van der Waals surface area contributed by atoms with Crippen molar-refractivity contribution in [2.24, 2.45) is 0 Å². The largest absolute Gasteiger partial charge is 1.00 e. The van der Waals surface area contributed by atoms with E-state index in [0.717, 1.165) is 4.48 Å². The molecule has 2 rings (SSSR count). The molecule has 1 nitrogen and oxygen atoms in total. The SMILES string of the molecule is C[N+](C)(C)C(c1ccccc1)c1ccccc1.[I-]. The molecule has 0 radical (unpaired) electrons. The summed E-state index contributed by atoms with van der Waals surface area (Å²) in [5.41, 5.74) is 2.73. The highest BCUT2D eigenvalue weighted by molar-refractivity contribution is 5.29. The Labute approximate surface area is 127 Å². The lowest BCUT2D eigenvalue weighted by molar-refractivity contribution is -0.896. The summed E-state index contributed by atoms with van der Waals surface area (Å²) >= 11 is 0. The highest BCUT2D eigenvalue weighted by atomic mass is 127. The highest BCUT2D eigenvalue weighted by Crippen LogP contribution is 2.30. The predicted octanol–water partition coefficient (Wildman–Crippen LogP) is 0.486. The van der Waals surface area contributed by atoms with Crippen molar-refractivity contribution in [3.8, 4) is 0 Å². The molecule has 0 N–H and O–H groups in total. The van der Waals surface area contributed by atoms with Gasteiger partial charge in [-0.25, -0.2) is 0 Å². The minimum atomic E-state index is 0. The summed E-state index contributed by atoms with van der Waals surface area (Å²) in [7, 11) is 6.72. The maximum atomic E-state index is 2.24. The van der Waals surface area contributed by atoms with E-state index in [1.165, 1.54) is 11.1 Å². The Morgan fingerprint density at radius 2 is 1.00 bits per heavy atom. The Morgan fingerprint density at radius 3 is 1.28 bits per heavy atom. The minimum absolute atomic E-state index is 0. The topological polar surface area (TPSA) is 0 Å². The van der Waals surface area contributed by atoms with Crippen molar-refractivity contribution in [1.29, 1.82) is 0 Å². The molecule has 96 valence electrons. The van der Waals surface area contributed by atoms with Crippen LogP contribution in [0.3, 0.4) is 0 Å². The minimum Gasteiger partial charge on any atom is -1.00 e. The highest BCUT2D eigenvalue weighted by Gasteiger charge is 2.26. The number of quaternary nitrogens is 1. The van der Waals surface area contributed by atoms with E-state index in [0.29, 0.717) is 6.04 Å². The molecule has 0 heterocycles. The Bertz CT molecular complexity index is 420. The third-order valence-electron chi connectivity index (χ3n) is 3.01. The molecule has 0 aliphatic heterocycles. The lowest BCUT2D eigenvalue weighted by Gasteiger charge is -2.34. The van der Waals surface area contributed by atoms with Crippen molar-refractivity contribution >= 4 is 0 Å². The first kappa shape index (κ1) is 15.2. The van der Waals surface area contributed by atoms with E-state index in [1.54, 1.807) is 0 Å². The molecule has 0 saturated carbocycles. The molecular weight excluding hydrogens is 333 g/mol. The Morgan fingerprint density at radius 1 is 0.667 bits per heavy atom. The second-order valence-electron chi connectivity index (χ2n) is 5.34. The van der Waals surface area contributed by atoms with Gasteiger partial charge in [0, 0.05) is 11.1 Å². The van der Waals surface area contributed by atoms with Gasteiger partial charge in [0.1, 0.15) is 6.04 Å². The van der Waals surface area contributed by atoms with Crippen LogP contribution in [0.1, 0.15) is 17.2 Å². The number of hydrogen-bond acceptors (Lipinski definition) is 0. The third-order valence-corrected chi connectivity index (χ3v) is 3.01. The van der Waals surface area contributed by atoms with Gasteiger partial charge in [0.05, 0.1) is 21.1 Å². The normalized spacial score (nSPS) is 11.1. The maximum absolute atomic E-state index is 2.24. The van der Waals surface area contributed by atoms with Gasteiger partial charge < -0.3 is 28.5 Å². The standard InChI is InChI=1S/C16H20N.HI/c1-17(2,3)16(14-10-6-4-7-11-14)15-12-8-5-9-13-15;/h4-13,16H,1-3H3;1H/q+1;/p-1. The summed E-state index contributed by atoms with van der Waals surface area (Å²) in [6.07, 6.45) is 0. The smallest absolute Gasteiger partial charge is 0.140 e. The van der Waals surface area contributed by atoms with Gasteiger partial charge in [-0.1, -0.05) is 60.7 Å². The number of rotatable bonds is 3. The van der Waals surface area contributed by atoms with Gasteiger partial charge in [0.2, 0.25) is 0 Å². The summed E-state index contributed by atoms with van der Waals surface area (Å²) in [6.45, 7) is 0. The van der Waals surface area contributed by atoms with Crippen LogP contribution in [0.25, 0.3) is 0 Å². The monoisotopic (exact) mass is 353 g/mol. The molecule has 0 aromatic heterocycles. The summed E-state index contributed by atoms with van der Waals surface area (Å²) in [5.74, 6) is 0. The Kier molecular flexibility index (Phi) is 5.35. The fourth-order valence-electron chi connectivity index (χ4n) is 2.36. The summed E-state index contributed by atoms with van der Waals surface area (Å²) in [6, 6.07) is 21.8. The second kappa shape index (κ2) is 6.34. The van der Waals surface area contributed by atoms with Crippen molar-refractivity contribution in [3.05, 3.63) is 71.8 Å². The first-order valence-electron chi connectivity index (χ1n) is 6.00. The van der Waals surface area contributed by atoms with Gasteiger partial charge >= 0.3 is 0 Å². The number of benzene rings is 2. The molecule has 0 unspecified atom stereocenters. The Hall–Kier alpha value is -0.870. The van der Waals surface area contributed by atoms with Gasteiger partial charge in [0.25, 0.3) is 0 Å². The van der Waals surface area contributed by atoms with Crippen LogP contribution in [0.15, 0.2) is 60.7 Å². The zero-order chi connectivity index (χ0) is 12.3. The van der Waals surface area contributed by atoms with Crippen molar-refractivity contribution in [3.63, 3.8) is 0 Å². The summed E-state index contributed by atoms with van der Waals surface area (Å²) in [4.78, 5) is 0. The lowest BCUT2D eigenvalue weighted by atomic mass is 9.96. The van der Waals surface area contributed by atoms with Gasteiger partial charge in [0.15, 0.2) is 0 Å². The van der Waals surface area contributed by atoms with E-state index in [2.05, 4.69) is 81.8 Å². The Balaban J connectivity index is 0.00000162. The molecule has 0 aliphatic rings. The number of hydrogen-bond donors (Lipinski definition) is 0. The van der Waals surface area contributed by atoms with Crippen LogP contribution in [-0.2, 0) is 0 Å². The molecule has 0 aliphatic carbocycles. The zero-order valence-electron chi connectivity index (χ0n) is 11.2. The van der Waals surface area contributed by atoms with E-state index in [4.69, 9.17) is 0 Å². The fourth-order valence-corrected chi connectivity index (χ4v) is 2.36. The molecule has 0 atom stereocenters. The zero-order valence-corrected chi connectivity index (χ0v) is 13.3. The molecule has 0 spiro atoms. The number of nitrogens with zero attached hydrogens (tertiary/aromatic N) is 1. The lowest BCUT2D eigenvalue weighted by Crippen LogP contribution is -3.00. The molecule has 2 heteroatoms. The summed E-state index contributed by atoms with van der Waals surface area (Å²) < 4.78 is 0.897. The van der Waals surface area contributed by atoms with Crippen molar-refractivity contribution < 1.29 is 28.5 Å². The molecule has 2 aromatic carbocycles. The molecule has 2 aromatic rings. The van der Waals surface area contributed by atoms with E-state index < -0.39 is 0 Å². The molecular formula is C16H20IN. The molecule has 0 amide bonds. The van der Waals surface area contributed by atoms with Gasteiger partial charge in [-0.3, -0.25) is 0 Å². The first-order chi connectivity index (χ1) is 8.09. The average Bonchev–Trinajstić information content (AvgIpc) is 2.30. The van der Waals surface area contributed by atoms with E-state index in [9.17, 15) is 0 Å².